The van der Waals surface area contributed by atoms with Crippen LogP contribution >= 0.6 is 0 Å². The van der Waals surface area contributed by atoms with Crippen LogP contribution in [0.5, 0.6) is 0 Å². The van der Waals surface area contributed by atoms with Gasteiger partial charge in [-0.25, -0.2) is 0 Å². The van der Waals surface area contributed by atoms with Gasteiger partial charge in [-0.15, -0.1) is 0 Å². The number of hydrogen-bond acceptors (Lipinski definition) is 4. The van der Waals surface area contributed by atoms with E-state index in [-0.39, 0.29) is 19.1 Å². The first-order chi connectivity index (χ1) is 10.6. The van der Waals surface area contributed by atoms with Crippen molar-refractivity contribution in [1.29, 1.82) is 0 Å². The van der Waals surface area contributed by atoms with Crippen molar-refractivity contribution >= 4 is 11.6 Å². The third kappa shape index (κ3) is 4.06. The molecular formula is C17H26N2O3. The summed E-state index contributed by atoms with van der Waals surface area (Å²) < 4.78 is 5.20. The predicted molar refractivity (Wildman–Crippen MR) is 87.1 cm³/mol. The normalized spacial score (nSPS) is 17.0. The topological polar surface area (TPSA) is 61.8 Å². The zero-order valence-electron chi connectivity index (χ0n) is 13.5. The van der Waals surface area contributed by atoms with Gasteiger partial charge in [-0.1, -0.05) is 18.2 Å². The van der Waals surface area contributed by atoms with Crippen molar-refractivity contribution in [3.05, 3.63) is 29.8 Å². The maximum Gasteiger partial charge on any atom is 0.240 e. The maximum atomic E-state index is 12.6. The number of benzene rings is 1. The second-order valence-corrected chi connectivity index (χ2v) is 6.10. The highest BCUT2D eigenvalue weighted by Gasteiger charge is 2.27. The molecule has 0 spiro atoms. The van der Waals surface area contributed by atoms with E-state index >= 15 is 0 Å². The first kappa shape index (κ1) is 16.9. The Morgan fingerprint density at radius 2 is 2.23 bits per heavy atom. The van der Waals surface area contributed by atoms with Crippen LogP contribution in [-0.4, -0.2) is 50.0 Å². The van der Waals surface area contributed by atoms with E-state index in [0.717, 1.165) is 25.1 Å². The Labute approximate surface area is 132 Å². The molecule has 1 heterocycles. The van der Waals surface area contributed by atoms with Crippen LogP contribution in [0.25, 0.3) is 0 Å². The number of methoxy groups -OCH3 is 1. The fourth-order valence-electron chi connectivity index (χ4n) is 2.95. The van der Waals surface area contributed by atoms with E-state index < -0.39 is 5.54 Å². The van der Waals surface area contributed by atoms with Crippen LogP contribution in [0.3, 0.4) is 0 Å². The average Bonchev–Trinajstić information content (AvgIpc) is 2.52. The van der Waals surface area contributed by atoms with E-state index in [0.29, 0.717) is 13.0 Å². The third-order valence-corrected chi connectivity index (χ3v) is 4.20. The number of hydrogen-bond donors (Lipinski definition) is 2. The van der Waals surface area contributed by atoms with E-state index in [9.17, 15) is 9.90 Å². The van der Waals surface area contributed by atoms with E-state index in [1.54, 1.807) is 7.11 Å². The molecule has 0 saturated carbocycles. The highest BCUT2D eigenvalue weighted by Crippen LogP contribution is 2.26. The fraction of sp³-hybridized carbons (Fsp3) is 0.588. The minimum Gasteiger partial charge on any atom is -0.396 e. The van der Waals surface area contributed by atoms with Crippen molar-refractivity contribution in [3.63, 3.8) is 0 Å². The molecule has 0 aliphatic carbocycles. The lowest BCUT2D eigenvalue weighted by atomic mass is 9.99. The van der Waals surface area contributed by atoms with Crippen LogP contribution in [-0.2, 0) is 16.0 Å². The van der Waals surface area contributed by atoms with Crippen molar-refractivity contribution in [2.45, 2.75) is 31.7 Å². The summed E-state index contributed by atoms with van der Waals surface area (Å²) in [6.07, 6.45) is 2.57. The number of carbonyl (C=O) groups excluding carboxylic acids is 1. The van der Waals surface area contributed by atoms with Gasteiger partial charge in [0.1, 0.15) is 0 Å². The van der Waals surface area contributed by atoms with Gasteiger partial charge in [-0.3, -0.25) is 4.79 Å². The van der Waals surface area contributed by atoms with Crippen molar-refractivity contribution in [2.24, 2.45) is 0 Å². The highest BCUT2D eigenvalue weighted by molar-refractivity contribution is 5.96. The first-order valence-electron chi connectivity index (χ1n) is 7.83. The fourth-order valence-corrected chi connectivity index (χ4v) is 2.95. The van der Waals surface area contributed by atoms with Gasteiger partial charge in [0, 0.05) is 31.5 Å². The largest absolute Gasteiger partial charge is 0.396 e. The van der Waals surface area contributed by atoms with Crippen molar-refractivity contribution in [3.8, 4) is 0 Å². The van der Waals surface area contributed by atoms with Gasteiger partial charge in [0.25, 0.3) is 0 Å². The monoisotopic (exact) mass is 306 g/mol. The van der Waals surface area contributed by atoms with Gasteiger partial charge in [0.2, 0.25) is 5.91 Å². The molecule has 2 N–H and O–H groups in total. The van der Waals surface area contributed by atoms with Gasteiger partial charge in [0.15, 0.2) is 0 Å². The van der Waals surface area contributed by atoms with E-state index in [1.165, 1.54) is 5.56 Å². The molecule has 1 aromatic rings. The molecule has 1 unspecified atom stereocenters. The number of fused-ring (bicyclic) bond motifs is 1. The molecule has 5 nitrogen and oxygen atoms in total. The Balaban J connectivity index is 2.01. The van der Waals surface area contributed by atoms with Crippen molar-refractivity contribution in [1.82, 2.24) is 5.32 Å². The molecule has 1 aliphatic rings. The molecule has 0 radical (unpaired) electrons. The molecule has 0 fully saturated rings. The Bertz CT molecular complexity index is 498. The summed E-state index contributed by atoms with van der Waals surface area (Å²) in [7, 11) is 1.63. The van der Waals surface area contributed by atoms with Crippen LogP contribution < -0.4 is 10.2 Å². The molecule has 1 aromatic carbocycles. The van der Waals surface area contributed by atoms with Crippen LogP contribution in [0.4, 0.5) is 5.69 Å². The Hall–Kier alpha value is -1.43. The van der Waals surface area contributed by atoms with Crippen molar-refractivity contribution < 1.29 is 14.6 Å². The Kier molecular flexibility index (Phi) is 5.94. The van der Waals surface area contributed by atoms with Crippen LogP contribution in [0.1, 0.15) is 25.3 Å². The first-order valence-corrected chi connectivity index (χ1v) is 7.83. The summed E-state index contributed by atoms with van der Waals surface area (Å²) in [4.78, 5) is 14.4. The molecular weight excluding hydrogens is 280 g/mol. The third-order valence-electron chi connectivity index (χ3n) is 4.20. The Morgan fingerprint density at radius 3 is 2.95 bits per heavy atom. The number of carbonyl (C=O) groups is 1. The van der Waals surface area contributed by atoms with Crippen LogP contribution in [0, 0.1) is 0 Å². The van der Waals surface area contributed by atoms with Gasteiger partial charge in [-0.05, 0) is 37.8 Å². The second kappa shape index (κ2) is 7.72. The summed E-state index contributed by atoms with van der Waals surface area (Å²) in [5, 5.41) is 12.4. The highest BCUT2D eigenvalue weighted by atomic mass is 16.5. The number of nitrogens with zero attached hydrogens (tertiary/aromatic N) is 1. The summed E-state index contributed by atoms with van der Waals surface area (Å²) in [6, 6.07) is 8.08. The van der Waals surface area contributed by atoms with Gasteiger partial charge >= 0.3 is 0 Å². The molecule has 2 rings (SSSR count). The summed E-state index contributed by atoms with van der Waals surface area (Å²) in [5.41, 5.74) is 1.86. The molecule has 122 valence electrons. The number of para-hydroxylation sites is 1. The molecule has 0 saturated heterocycles. The van der Waals surface area contributed by atoms with Gasteiger partial charge in [-0.2, -0.15) is 0 Å². The molecule has 0 aromatic heterocycles. The lowest BCUT2D eigenvalue weighted by Crippen LogP contribution is -2.52. The number of ether oxygens (including phenoxy) is 1. The molecule has 1 atom stereocenters. The minimum absolute atomic E-state index is 0.0624. The summed E-state index contributed by atoms with van der Waals surface area (Å²) in [5.74, 6) is 0.0624. The Morgan fingerprint density at radius 1 is 1.45 bits per heavy atom. The SMILES string of the molecule is COCC(C)(CCO)NCC(=O)N1CCCc2ccccc21. The summed E-state index contributed by atoms with van der Waals surface area (Å²) >= 11 is 0. The molecule has 5 heteroatoms. The zero-order valence-corrected chi connectivity index (χ0v) is 13.5. The van der Waals surface area contributed by atoms with E-state index in [1.807, 2.05) is 30.0 Å². The quantitative estimate of drug-likeness (QED) is 0.798. The number of aryl methyl sites for hydroxylation is 1. The number of aliphatic hydroxyl groups is 1. The minimum atomic E-state index is -0.394. The van der Waals surface area contributed by atoms with Crippen molar-refractivity contribution in [2.75, 3.05) is 38.3 Å². The van der Waals surface area contributed by atoms with Gasteiger partial charge < -0.3 is 20.1 Å². The maximum absolute atomic E-state index is 12.6. The number of anilines is 1. The number of aliphatic hydroxyl groups excluding tert-OH is 1. The van der Waals surface area contributed by atoms with E-state index in [2.05, 4.69) is 11.4 Å². The average molecular weight is 306 g/mol. The number of nitrogens with one attached hydrogen (secondary N) is 1. The lowest BCUT2D eigenvalue weighted by molar-refractivity contribution is -0.118. The zero-order chi connectivity index (χ0) is 16.0. The van der Waals surface area contributed by atoms with Crippen LogP contribution in [0.15, 0.2) is 24.3 Å². The van der Waals surface area contributed by atoms with E-state index in [4.69, 9.17) is 4.74 Å². The molecule has 1 amide bonds. The molecule has 22 heavy (non-hydrogen) atoms. The lowest BCUT2D eigenvalue weighted by Gasteiger charge is -2.33. The number of amides is 1. The van der Waals surface area contributed by atoms with Gasteiger partial charge in [0.05, 0.1) is 13.2 Å². The smallest absolute Gasteiger partial charge is 0.240 e. The number of rotatable bonds is 7. The predicted octanol–water partition coefficient (Wildman–Crippen LogP) is 1.34. The molecule has 1 aliphatic heterocycles. The standard InChI is InChI=1S/C17H26N2O3/c1-17(9-11-20,13-22-2)18-12-16(21)19-10-5-7-14-6-3-4-8-15(14)19/h3-4,6,8,18,20H,5,7,9-13H2,1-2H3. The second-order valence-electron chi connectivity index (χ2n) is 6.10. The summed E-state index contributed by atoms with van der Waals surface area (Å²) in [6.45, 7) is 3.49. The van der Waals surface area contributed by atoms with Crippen LogP contribution in [0.2, 0.25) is 0 Å². The molecule has 0 bridgehead atoms.